The normalized spacial score (nSPS) is 22.2. The number of halogens is 1. The lowest BCUT2D eigenvalue weighted by atomic mass is 10.1. The number of hydrogen-bond acceptors (Lipinski definition) is 3. The summed E-state index contributed by atoms with van der Waals surface area (Å²) in [5.41, 5.74) is 0. The maximum absolute atomic E-state index is 11.3. The highest BCUT2D eigenvalue weighted by Crippen LogP contribution is 2.08. The van der Waals surface area contributed by atoms with Crippen molar-refractivity contribution in [1.82, 2.24) is 5.32 Å². The number of esters is 1. The fourth-order valence-corrected chi connectivity index (χ4v) is 1.37. The van der Waals surface area contributed by atoms with Crippen LogP contribution in [0.5, 0.6) is 0 Å². The summed E-state index contributed by atoms with van der Waals surface area (Å²) >= 11 is 0. The minimum Gasteiger partial charge on any atom is -0.462 e. The van der Waals surface area contributed by atoms with Crippen molar-refractivity contribution in [2.24, 2.45) is 0 Å². The largest absolute Gasteiger partial charge is 0.462 e. The van der Waals surface area contributed by atoms with Crippen molar-refractivity contribution < 1.29 is 9.53 Å². The maximum atomic E-state index is 11.3. The first kappa shape index (κ1) is 12.7. The van der Waals surface area contributed by atoms with E-state index in [9.17, 15) is 4.79 Å². The molecule has 0 saturated carbocycles. The van der Waals surface area contributed by atoms with Gasteiger partial charge in [-0.25, -0.2) is 0 Å². The number of hydrogen-bond donors (Lipinski definition) is 1. The van der Waals surface area contributed by atoms with Crippen molar-refractivity contribution >= 4 is 18.4 Å². The van der Waals surface area contributed by atoms with Crippen LogP contribution in [0.25, 0.3) is 0 Å². The second-order valence-electron chi connectivity index (χ2n) is 3.49. The molecule has 1 heterocycles. The molecule has 0 spiro atoms. The summed E-state index contributed by atoms with van der Waals surface area (Å²) < 4.78 is 5.09. The molecule has 78 valence electrons. The summed E-state index contributed by atoms with van der Waals surface area (Å²) in [5.74, 6) is -0.0929. The van der Waals surface area contributed by atoms with Gasteiger partial charge in [-0.2, -0.15) is 0 Å². The SMILES string of the molecule is CC(C)OC(=O)[C@H]1CCCCN1.Cl. The Morgan fingerprint density at radius 3 is 2.62 bits per heavy atom. The zero-order chi connectivity index (χ0) is 8.97. The zero-order valence-corrected chi connectivity index (χ0v) is 9.02. The van der Waals surface area contributed by atoms with E-state index >= 15 is 0 Å². The number of ether oxygens (including phenoxy) is 1. The molecule has 1 rings (SSSR count). The third-order valence-corrected chi connectivity index (χ3v) is 1.95. The molecule has 0 bridgehead atoms. The topological polar surface area (TPSA) is 38.3 Å². The predicted octanol–water partition coefficient (Wildman–Crippen LogP) is 1.50. The molecule has 1 aliphatic rings. The van der Waals surface area contributed by atoms with E-state index in [2.05, 4.69) is 5.32 Å². The van der Waals surface area contributed by atoms with Crippen LogP contribution < -0.4 is 5.32 Å². The van der Waals surface area contributed by atoms with E-state index in [0.717, 1.165) is 19.4 Å². The van der Waals surface area contributed by atoms with Crippen molar-refractivity contribution in [2.45, 2.75) is 45.3 Å². The highest BCUT2D eigenvalue weighted by atomic mass is 35.5. The summed E-state index contributed by atoms with van der Waals surface area (Å²) in [5, 5.41) is 3.15. The molecule has 0 aromatic rings. The third kappa shape index (κ3) is 4.48. The number of nitrogens with one attached hydrogen (secondary N) is 1. The Kier molecular flexibility index (Phi) is 6.08. The maximum Gasteiger partial charge on any atom is 0.323 e. The Balaban J connectivity index is 0.00000144. The van der Waals surface area contributed by atoms with Gasteiger partial charge in [-0.15, -0.1) is 12.4 Å². The molecule has 0 aliphatic carbocycles. The minimum absolute atomic E-state index is 0. The van der Waals surface area contributed by atoms with Crippen LogP contribution in [0, 0.1) is 0 Å². The van der Waals surface area contributed by atoms with Crippen LogP contribution in [0.2, 0.25) is 0 Å². The Hall–Kier alpha value is -0.280. The van der Waals surface area contributed by atoms with E-state index in [1.807, 2.05) is 13.8 Å². The second-order valence-corrected chi connectivity index (χ2v) is 3.49. The molecule has 0 radical (unpaired) electrons. The van der Waals surface area contributed by atoms with E-state index in [-0.39, 0.29) is 30.5 Å². The van der Waals surface area contributed by atoms with Gasteiger partial charge in [0.25, 0.3) is 0 Å². The van der Waals surface area contributed by atoms with Crippen molar-refractivity contribution in [3.8, 4) is 0 Å². The van der Waals surface area contributed by atoms with E-state index in [0.29, 0.717) is 0 Å². The van der Waals surface area contributed by atoms with Crippen LogP contribution in [-0.4, -0.2) is 24.7 Å². The van der Waals surface area contributed by atoms with Crippen molar-refractivity contribution in [1.29, 1.82) is 0 Å². The number of rotatable bonds is 2. The summed E-state index contributed by atoms with van der Waals surface area (Å²) in [6.07, 6.45) is 3.23. The van der Waals surface area contributed by atoms with Crippen LogP contribution in [0.4, 0.5) is 0 Å². The van der Waals surface area contributed by atoms with E-state index in [1.165, 1.54) is 6.42 Å². The standard InChI is InChI=1S/C9H17NO2.ClH/c1-7(2)12-9(11)8-5-3-4-6-10-8;/h7-8,10H,3-6H2,1-2H3;1H/t8-;/m1./s1. The Labute approximate surface area is 85.6 Å². The number of carbonyl (C=O) groups excluding carboxylic acids is 1. The monoisotopic (exact) mass is 207 g/mol. The van der Waals surface area contributed by atoms with Gasteiger partial charge in [-0.3, -0.25) is 4.79 Å². The van der Waals surface area contributed by atoms with E-state index in [4.69, 9.17) is 4.74 Å². The summed E-state index contributed by atoms with van der Waals surface area (Å²) in [4.78, 5) is 11.3. The van der Waals surface area contributed by atoms with Gasteiger partial charge in [0.2, 0.25) is 0 Å². The molecule has 1 fully saturated rings. The Bertz CT molecular complexity index is 156. The van der Waals surface area contributed by atoms with Crippen LogP contribution in [0.15, 0.2) is 0 Å². The van der Waals surface area contributed by atoms with Crippen molar-refractivity contribution in [2.75, 3.05) is 6.54 Å². The minimum atomic E-state index is -0.0929. The third-order valence-electron chi connectivity index (χ3n) is 1.95. The first-order valence-electron chi connectivity index (χ1n) is 4.64. The summed E-state index contributed by atoms with van der Waals surface area (Å²) in [6.45, 7) is 4.69. The average Bonchev–Trinajstić information content (AvgIpc) is 2.05. The first-order chi connectivity index (χ1) is 5.70. The molecule has 3 nitrogen and oxygen atoms in total. The molecule has 1 saturated heterocycles. The molecule has 0 amide bonds. The zero-order valence-electron chi connectivity index (χ0n) is 8.21. The first-order valence-corrected chi connectivity index (χ1v) is 4.64. The number of carbonyl (C=O) groups is 1. The second kappa shape index (κ2) is 6.22. The van der Waals surface area contributed by atoms with Gasteiger partial charge in [0, 0.05) is 0 Å². The molecule has 0 aromatic carbocycles. The average molecular weight is 208 g/mol. The van der Waals surface area contributed by atoms with Gasteiger partial charge < -0.3 is 10.1 Å². The van der Waals surface area contributed by atoms with Gasteiger partial charge >= 0.3 is 5.97 Å². The van der Waals surface area contributed by atoms with E-state index < -0.39 is 0 Å². The lowest BCUT2D eigenvalue weighted by Gasteiger charge is -2.22. The van der Waals surface area contributed by atoms with Gasteiger partial charge in [0.05, 0.1) is 6.10 Å². The highest BCUT2D eigenvalue weighted by Gasteiger charge is 2.22. The molecule has 0 unspecified atom stereocenters. The Morgan fingerprint density at radius 1 is 1.46 bits per heavy atom. The molecule has 13 heavy (non-hydrogen) atoms. The van der Waals surface area contributed by atoms with E-state index in [1.54, 1.807) is 0 Å². The fourth-order valence-electron chi connectivity index (χ4n) is 1.37. The van der Waals surface area contributed by atoms with Crippen LogP contribution >= 0.6 is 12.4 Å². The predicted molar refractivity (Wildman–Crippen MR) is 54.1 cm³/mol. The molecule has 1 aliphatic heterocycles. The van der Waals surface area contributed by atoms with Gasteiger partial charge in [0.1, 0.15) is 6.04 Å². The molecular weight excluding hydrogens is 190 g/mol. The van der Waals surface area contributed by atoms with Crippen LogP contribution in [-0.2, 0) is 9.53 Å². The quantitative estimate of drug-likeness (QED) is 0.698. The molecule has 1 atom stereocenters. The molecule has 1 N–H and O–H groups in total. The van der Waals surface area contributed by atoms with Crippen molar-refractivity contribution in [3.05, 3.63) is 0 Å². The van der Waals surface area contributed by atoms with Gasteiger partial charge in [-0.05, 0) is 33.2 Å². The van der Waals surface area contributed by atoms with Crippen molar-refractivity contribution in [3.63, 3.8) is 0 Å². The van der Waals surface area contributed by atoms with Crippen LogP contribution in [0.3, 0.4) is 0 Å². The smallest absolute Gasteiger partial charge is 0.323 e. The number of piperidine rings is 1. The summed E-state index contributed by atoms with van der Waals surface area (Å²) in [6, 6.07) is -0.0545. The molecular formula is C9H18ClNO2. The fraction of sp³-hybridized carbons (Fsp3) is 0.889. The lowest BCUT2D eigenvalue weighted by Crippen LogP contribution is -2.42. The molecule has 4 heteroatoms. The lowest BCUT2D eigenvalue weighted by molar-refractivity contribution is -0.150. The Morgan fingerprint density at radius 2 is 2.15 bits per heavy atom. The molecule has 0 aromatic heterocycles. The van der Waals surface area contributed by atoms with Gasteiger partial charge in [0.15, 0.2) is 0 Å². The van der Waals surface area contributed by atoms with Gasteiger partial charge in [-0.1, -0.05) is 6.42 Å². The summed E-state index contributed by atoms with van der Waals surface area (Å²) in [7, 11) is 0. The van der Waals surface area contributed by atoms with Crippen LogP contribution in [0.1, 0.15) is 33.1 Å². The highest BCUT2D eigenvalue weighted by molar-refractivity contribution is 5.85.